The van der Waals surface area contributed by atoms with Gasteiger partial charge in [0.1, 0.15) is 23.0 Å². The van der Waals surface area contributed by atoms with Crippen molar-refractivity contribution in [3.05, 3.63) is 12.4 Å². The lowest BCUT2D eigenvalue weighted by Crippen LogP contribution is -2.64. The van der Waals surface area contributed by atoms with E-state index in [-0.39, 0.29) is 16.4 Å². The molecule has 2 heterocycles. The first-order valence-corrected chi connectivity index (χ1v) is 9.51. The molecule has 0 radical (unpaired) electrons. The zero-order valence-corrected chi connectivity index (χ0v) is 15.7. The largest absolute Gasteiger partial charge is 0.604 e. The summed E-state index contributed by atoms with van der Waals surface area (Å²) >= 11 is -3.04. The number of hydrogen-bond donors (Lipinski definition) is 0. The Morgan fingerprint density at radius 1 is 1.38 bits per heavy atom. The van der Waals surface area contributed by atoms with Crippen molar-refractivity contribution in [3.63, 3.8) is 0 Å². The zero-order valence-electron chi connectivity index (χ0n) is 14.9. The van der Waals surface area contributed by atoms with Gasteiger partial charge in [-0.15, -0.1) is 13.2 Å². The van der Waals surface area contributed by atoms with E-state index in [0.717, 1.165) is 19.0 Å². The van der Waals surface area contributed by atoms with E-state index in [1.54, 1.807) is 4.90 Å². The van der Waals surface area contributed by atoms with Crippen LogP contribution in [-0.4, -0.2) is 49.5 Å². The molecule has 146 valence electrons. The fourth-order valence-electron chi connectivity index (χ4n) is 3.71. The fraction of sp³-hybridized carbons (Fsp3) is 0.750. The summed E-state index contributed by atoms with van der Waals surface area (Å²) in [6.07, 6.45) is 3.68. The lowest BCUT2D eigenvalue weighted by molar-refractivity contribution is -0.0987. The molecular weight excluding hydrogens is 371 g/mol. The van der Waals surface area contributed by atoms with Crippen LogP contribution in [0.25, 0.3) is 0 Å². The Labute approximate surface area is 152 Å². The third kappa shape index (κ3) is 4.11. The molecule has 1 unspecified atom stereocenters. The number of carbonyl (C=O) groups excluding carboxylic acids is 1. The number of hydrogen-bond acceptors (Lipinski definition) is 4. The minimum atomic E-state index is -4.77. The number of aromatic nitrogens is 2. The molecule has 1 aliphatic carbocycles. The number of likely N-dealkylation sites (tertiary alicyclic amines) is 1. The third-order valence-corrected chi connectivity index (χ3v) is 5.69. The second-order valence-electron chi connectivity index (χ2n) is 8.22. The summed E-state index contributed by atoms with van der Waals surface area (Å²) in [5, 5.41) is 3.89. The van der Waals surface area contributed by atoms with Gasteiger partial charge in [0.25, 0.3) is 0 Å². The van der Waals surface area contributed by atoms with Crippen LogP contribution in [0.1, 0.15) is 33.6 Å². The van der Waals surface area contributed by atoms with Gasteiger partial charge >= 0.3 is 11.6 Å². The molecular formula is C16H22F3N3O3S. The minimum absolute atomic E-state index is 0.104. The predicted molar refractivity (Wildman–Crippen MR) is 87.7 cm³/mol. The van der Waals surface area contributed by atoms with E-state index in [1.165, 1.54) is 10.9 Å². The Balaban J connectivity index is 1.45. The van der Waals surface area contributed by atoms with Crippen LogP contribution < -0.4 is 0 Å². The van der Waals surface area contributed by atoms with Crippen molar-refractivity contribution in [3.8, 4) is 0 Å². The SMILES string of the molecule is CC(C)(C)OC(=O)N1CC2(CC(Cn3cc([S+]([O-])C(F)(F)F)cn3)C2)C1. The summed E-state index contributed by atoms with van der Waals surface area (Å²) in [5.41, 5.74) is -5.19. The molecule has 3 rings (SSSR count). The van der Waals surface area contributed by atoms with Crippen molar-refractivity contribution in [2.45, 2.75) is 56.2 Å². The van der Waals surface area contributed by atoms with Crippen LogP contribution >= 0.6 is 0 Å². The van der Waals surface area contributed by atoms with Crippen LogP contribution in [0.15, 0.2) is 17.3 Å². The molecule has 1 aromatic rings. The van der Waals surface area contributed by atoms with Gasteiger partial charge in [0.15, 0.2) is 4.90 Å². The quantitative estimate of drug-likeness (QED) is 0.740. The number of carbonyl (C=O) groups is 1. The van der Waals surface area contributed by atoms with Gasteiger partial charge in [-0.25, -0.2) is 4.79 Å². The van der Waals surface area contributed by atoms with Crippen LogP contribution in [-0.2, 0) is 22.5 Å². The summed E-state index contributed by atoms with van der Waals surface area (Å²) in [6, 6.07) is 0. The molecule has 1 spiro atoms. The van der Waals surface area contributed by atoms with Gasteiger partial charge < -0.3 is 14.2 Å². The molecule has 0 bridgehead atoms. The predicted octanol–water partition coefficient (Wildman–Crippen LogP) is 3.16. The number of amides is 1. The first kappa shape index (κ1) is 19.3. The number of nitrogens with zero attached hydrogens (tertiary/aromatic N) is 3. The number of halogens is 3. The van der Waals surface area contributed by atoms with E-state index < -0.39 is 22.3 Å². The highest BCUT2D eigenvalue weighted by Crippen LogP contribution is 2.52. The molecule has 1 aliphatic heterocycles. The molecule has 1 aromatic heterocycles. The Morgan fingerprint density at radius 3 is 2.54 bits per heavy atom. The zero-order chi connectivity index (χ0) is 19.3. The van der Waals surface area contributed by atoms with Crippen molar-refractivity contribution in [1.29, 1.82) is 0 Å². The van der Waals surface area contributed by atoms with Crippen LogP contribution in [0.4, 0.5) is 18.0 Å². The van der Waals surface area contributed by atoms with Gasteiger partial charge in [-0.05, 0) is 39.5 Å². The third-order valence-electron chi connectivity index (χ3n) is 4.63. The Bertz CT molecular complexity index is 672. The van der Waals surface area contributed by atoms with Crippen molar-refractivity contribution < 1.29 is 27.3 Å². The maximum atomic E-state index is 12.5. The summed E-state index contributed by atoms with van der Waals surface area (Å²) < 4.78 is 55.4. The van der Waals surface area contributed by atoms with Crippen molar-refractivity contribution >= 4 is 17.3 Å². The molecule has 2 aliphatic rings. The van der Waals surface area contributed by atoms with Gasteiger partial charge in [-0.3, -0.25) is 4.68 Å². The first-order chi connectivity index (χ1) is 11.9. The van der Waals surface area contributed by atoms with Gasteiger partial charge in [-0.2, -0.15) is 5.10 Å². The van der Waals surface area contributed by atoms with Crippen LogP contribution in [0.5, 0.6) is 0 Å². The average Bonchev–Trinajstić information content (AvgIpc) is 2.84. The maximum absolute atomic E-state index is 12.5. The average molecular weight is 393 g/mol. The number of rotatable bonds is 3. The van der Waals surface area contributed by atoms with E-state index >= 15 is 0 Å². The van der Waals surface area contributed by atoms with E-state index in [0.29, 0.717) is 25.6 Å². The summed E-state index contributed by atoms with van der Waals surface area (Å²) in [5.74, 6) is 0.294. The van der Waals surface area contributed by atoms with Crippen LogP contribution in [0.2, 0.25) is 0 Å². The van der Waals surface area contributed by atoms with E-state index in [9.17, 15) is 22.5 Å². The fourth-order valence-corrected chi connectivity index (χ4v) is 4.34. The second-order valence-corrected chi connectivity index (χ2v) is 9.69. The molecule has 1 saturated carbocycles. The summed E-state index contributed by atoms with van der Waals surface area (Å²) in [4.78, 5) is 13.3. The smallest absolute Gasteiger partial charge is 0.578 e. The Kier molecular flexibility index (Phi) is 4.71. The van der Waals surface area contributed by atoms with Gasteiger partial charge in [0, 0.05) is 25.0 Å². The molecule has 1 saturated heterocycles. The topological polar surface area (TPSA) is 70.4 Å². The first-order valence-electron chi connectivity index (χ1n) is 8.36. The molecule has 1 amide bonds. The number of ether oxygens (including phenoxy) is 1. The highest BCUT2D eigenvalue weighted by atomic mass is 32.2. The standard InChI is InChI=1S/C16H22F3N3O3S/c1-14(2,3)25-13(23)21-9-15(10-21)4-11(5-15)7-22-8-12(6-20-22)26(24)16(17,18)19/h6,8,11H,4-5,7,9-10H2,1-3H3. The lowest BCUT2D eigenvalue weighted by atomic mass is 9.58. The molecule has 0 N–H and O–H groups in total. The highest BCUT2D eigenvalue weighted by molar-refractivity contribution is 7.92. The van der Waals surface area contributed by atoms with Crippen molar-refractivity contribution in [1.82, 2.24) is 14.7 Å². The molecule has 6 nitrogen and oxygen atoms in total. The lowest BCUT2D eigenvalue weighted by Gasteiger charge is -2.58. The molecule has 26 heavy (non-hydrogen) atoms. The van der Waals surface area contributed by atoms with Crippen LogP contribution in [0.3, 0.4) is 0 Å². The van der Waals surface area contributed by atoms with Gasteiger partial charge in [-0.1, -0.05) is 0 Å². The molecule has 0 aromatic carbocycles. The Hall–Kier alpha value is -1.42. The minimum Gasteiger partial charge on any atom is -0.604 e. The normalized spacial score (nSPS) is 21.3. The molecule has 2 fully saturated rings. The van der Waals surface area contributed by atoms with Crippen molar-refractivity contribution in [2.24, 2.45) is 11.3 Å². The summed E-state index contributed by atoms with van der Waals surface area (Å²) in [7, 11) is 0. The van der Waals surface area contributed by atoms with Gasteiger partial charge in [0.2, 0.25) is 0 Å². The highest BCUT2D eigenvalue weighted by Gasteiger charge is 2.54. The molecule has 1 atom stereocenters. The monoisotopic (exact) mass is 393 g/mol. The number of alkyl halides is 3. The Morgan fingerprint density at radius 2 is 2.00 bits per heavy atom. The van der Waals surface area contributed by atoms with Gasteiger partial charge in [0.05, 0.1) is 6.20 Å². The van der Waals surface area contributed by atoms with E-state index in [4.69, 9.17) is 4.74 Å². The summed E-state index contributed by atoms with van der Waals surface area (Å²) in [6.45, 7) is 7.27. The second kappa shape index (κ2) is 6.33. The van der Waals surface area contributed by atoms with E-state index in [1.807, 2.05) is 20.8 Å². The van der Waals surface area contributed by atoms with Crippen LogP contribution in [0, 0.1) is 11.3 Å². The van der Waals surface area contributed by atoms with E-state index in [2.05, 4.69) is 5.10 Å². The molecule has 10 heteroatoms. The maximum Gasteiger partial charge on any atom is 0.578 e. The van der Waals surface area contributed by atoms with Crippen molar-refractivity contribution in [2.75, 3.05) is 13.1 Å².